The van der Waals surface area contributed by atoms with E-state index in [9.17, 15) is 14.4 Å². The molecule has 208 valence electrons. The number of aromatic nitrogens is 6. The number of fused-ring (bicyclic) bond motifs is 2. The smallest absolute Gasteiger partial charge is 0.328 e. The maximum absolute atomic E-state index is 14.1. The number of amides is 1. The summed E-state index contributed by atoms with van der Waals surface area (Å²) in [5.74, 6) is 0.0833. The van der Waals surface area contributed by atoms with Gasteiger partial charge in [-0.05, 0) is 37.3 Å². The summed E-state index contributed by atoms with van der Waals surface area (Å²) in [6.45, 7) is 1.98. The van der Waals surface area contributed by atoms with Crippen LogP contribution < -0.4 is 10.3 Å². The van der Waals surface area contributed by atoms with Crippen molar-refractivity contribution in [1.29, 1.82) is 0 Å². The molecule has 1 aliphatic rings. The molecule has 3 aromatic heterocycles. The molecule has 1 saturated heterocycles. The maximum Gasteiger partial charge on any atom is 0.328 e. The second kappa shape index (κ2) is 10.8. The normalized spacial score (nSPS) is 15.3. The zero-order valence-corrected chi connectivity index (χ0v) is 23.4. The van der Waals surface area contributed by atoms with E-state index < -0.39 is 17.6 Å². The molecule has 12 nitrogen and oxygen atoms in total. The number of aromatic amines is 1. The molecule has 1 atom stereocenters. The molecule has 0 bridgehead atoms. The number of rotatable bonds is 6. The van der Waals surface area contributed by atoms with Gasteiger partial charge in [-0.1, -0.05) is 29.4 Å². The molecule has 1 amide bonds. The summed E-state index contributed by atoms with van der Waals surface area (Å²) in [4.78, 5) is 61.7. The van der Waals surface area contributed by atoms with Crippen LogP contribution in [0.25, 0.3) is 27.8 Å². The first-order valence-electron chi connectivity index (χ1n) is 12.5. The number of benzene rings is 2. The largest absolute Gasteiger partial charge is 0.495 e. The fraction of sp³-hybridized carbons (Fsp3) is 0.222. The molecule has 4 heterocycles. The molecule has 1 N–H and O–H groups in total. The third kappa shape index (κ3) is 4.76. The molecule has 6 rings (SSSR count). The number of hydrogen-bond donors (Lipinski definition) is 1. The number of thioether (sulfide) groups is 1. The first-order chi connectivity index (χ1) is 19.9. The number of nitrogens with one attached hydrogen (secondary N) is 1. The standard InChI is InChI=1S/C27H22ClN7O5S/c1-14-27(38)40-9-8-34(14)25(36)15-6-7-19(39-2)18(10-15)35-20(33-17-5-3-4-16(28)21(17)26(35)37)11-41-24-22-23(30-12-29-22)31-13-32-24/h3-7,10,12-14H,8-9,11H2,1-2H3,(H,29,30,31,32)/t14-/m0/s1. The van der Waals surface area contributed by atoms with Crippen LogP contribution in [0.4, 0.5) is 0 Å². The van der Waals surface area contributed by atoms with E-state index in [2.05, 4.69) is 19.9 Å². The fourth-order valence-electron chi connectivity index (χ4n) is 4.69. The number of H-pyrrole nitrogens is 1. The van der Waals surface area contributed by atoms with Crippen LogP contribution in [0.15, 0.2) is 58.9 Å². The summed E-state index contributed by atoms with van der Waals surface area (Å²) in [6, 6.07) is 9.07. The van der Waals surface area contributed by atoms with E-state index in [1.807, 2.05) is 0 Å². The van der Waals surface area contributed by atoms with Gasteiger partial charge in [-0.25, -0.2) is 24.7 Å². The van der Waals surface area contributed by atoms with E-state index in [0.717, 1.165) is 0 Å². The van der Waals surface area contributed by atoms with Crippen LogP contribution in [0.5, 0.6) is 5.75 Å². The molecule has 5 aromatic rings. The molecule has 0 aliphatic carbocycles. The first-order valence-corrected chi connectivity index (χ1v) is 13.9. The van der Waals surface area contributed by atoms with Crippen molar-refractivity contribution in [2.45, 2.75) is 23.7 Å². The Morgan fingerprint density at radius 3 is 2.90 bits per heavy atom. The van der Waals surface area contributed by atoms with Gasteiger partial charge < -0.3 is 19.4 Å². The van der Waals surface area contributed by atoms with Crippen molar-refractivity contribution in [3.63, 3.8) is 0 Å². The third-order valence-electron chi connectivity index (χ3n) is 6.76. The number of imidazole rings is 1. The quantitative estimate of drug-likeness (QED) is 0.177. The van der Waals surface area contributed by atoms with Crippen molar-refractivity contribution in [2.75, 3.05) is 20.3 Å². The Kier molecular flexibility index (Phi) is 7.05. The van der Waals surface area contributed by atoms with Gasteiger partial charge in [-0.15, -0.1) is 0 Å². The molecule has 0 saturated carbocycles. The number of ether oxygens (including phenoxy) is 2. The second-order valence-electron chi connectivity index (χ2n) is 9.10. The van der Waals surface area contributed by atoms with E-state index in [1.165, 1.54) is 41.0 Å². The minimum Gasteiger partial charge on any atom is -0.495 e. The van der Waals surface area contributed by atoms with E-state index in [0.29, 0.717) is 39.0 Å². The van der Waals surface area contributed by atoms with Crippen molar-refractivity contribution < 1.29 is 19.1 Å². The van der Waals surface area contributed by atoms with E-state index in [1.54, 1.807) is 43.3 Å². The third-order valence-corrected chi connectivity index (χ3v) is 8.06. The van der Waals surface area contributed by atoms with Gasteiger partial charge in [0.2, 0.25) is 0 Å². The fourth-order valence-corrected chi connectivity index (χ4v) is 5.82. The predicted molar refractivity (Wildman–Crippen MR) is 152 cm³/mol. The van der Waals surface area contributed by atoms with E-state index in [-0.39, 0.29) is 40.8 Å². The van der Waals surface area contributed by atoms with Gasteiger partial charge in [0.05, 0.1) is 47.3 Å². The van der Waals surface area contributed by atoms with Crippen molar-refractivity contribution in [3.8, 4) is 11.4 Å². The van der Waals surface area contributed by atoms with Gasteiger partial charge in [0.25, 0.3) is 11.5 Å². The Balaban J connectivity index is 1.50. The molecule has 41 heavy (non-hydrogen) atoms. The molecule has 1 aliphatic heterocycles. The summed E-state index contributed by atoms with van der Waals surface area (Å²) in [5, 5.41) is 1.10. The number of carbonyl (C=O) groups excluding carboxylic acids is 2. The van der Waals surface area contributed by atoms with Crippen LogP contribution in [-0.4, -0.2) is 72.6 Å². The van der Waals surface area contributed by atoms with Crippen LogP contribution in [0, 0.1) is 0 Å². The van der Waals surface area contributed by atoms with Crippen molar-refractivity contribution in [1.82, 2.24) is 34.4 Å². The molecule has 0 radical (unpaired) electrons. The highest BCUT2D eigenvalue weighted by Gasteiger charge is 2.32. The van der Waals surface area contributed by atoms with Crippen LogP contribution in [0.3, 0.4) is 0 Å². The summed E-state index contributed by atoms with van der Waals surface area (Å²) >= 11 is 7.80. The zero-order valence-electron chi connectivity index (χ0n) is 21.8. The average Bonchev–Trinajstić information content (AvgIpc) is 3.47. The minimum absolute atomic E-state index is 0.110. The molecule has 0 unspecified atom stereocenters. The van der Waals surface area contributed by atoms with Gasteiger partial charge >= 0.3 is 5.97 Å². The van der Waals surface area contributed by atoms with Crippen LogP contribution >= 0.6 is 23.4 Å². The highest BCUT2D eigenvalue weighted by atomic mass is 35.5. The van der Waals surface area contributed by atoms with Crippen molar-refractivity contribution in [3.05, 3.63) is 75.8 Å². The van der Waals surface area contributed by atoms with Crippen LogP contribution in [-0.2, 0) is 15.3 Å². The molecule has 14 heteroatoms. The van der Waals surface area contributed by atoms with E-state index >= 15 is 0 Å². The molecule has 1 fully saturated rings. The lowest BCUT2D eigenvalue weighted by molar-refractivity contribution is -0.154. The van der Waals surface area contributed by atoms with Crippen molar-refractivity contribution >= 4 is 57.3 Å². The molecule has 2 aromatic carbocycles. The van der Waals surface area contributed by atoms with Gasteiger partial charge in [-0.3, -0.25) is 14.2 Å². The monoisotopic (exact) mass is 591 g/mol. The number of hydrogen-bond acceptors (Lipinski definition) is 10. The van der Waals surface area contributed by atoms with Crippen LogP contribution in [0.1, 0.15) is 23.1 Å². The first kappa shape index (κ1) is 26.7. The lowest BCUT2D eigenvalue weighted by atomic mass is 10.1. The highest BCUT2D eigenvalue weighted by Crippen LogP contribution is 2.31. The lowest BCUT2D eigenvalue weighted by Gasteiger charge is -2.32. The number of cyclic esters (lactones) is 1. The van der Waals surface area contributed by atoms with Gasteiger partial charge in [0.15, 0.2) is 5.65 Å². The molecular weight excluding hydrogens is 570 g/mol. The topological polar surface area (TPSA) is 145 Å². The highest BCUT2D eigenvalue weighted by molar-refractivity contribution is 7.98. The number of nitrogens with zero attached hydrogens (tertiary/aromatic N) is 6. The molecule has 0 spiro atoms. The Labute approximate surface area is 241 Å². The Hall–Kier alpha value is -4.49. The summed E-state index contributed by atoms with van der Waals surface area (Å²) in [7, 11) is 1.47. The average molecular weight is 592 g/mol. The SMILES string of the molecule is COc1ccc(C(=O)N2CCOC(=O)[C@@H]2C)cc1-n1c(CSc2ncnc3nc[nH]c23)nc2cccc(Cl)c2c1=O. The Bertz CT molecular complexity index is 1890. The van der Waals surface area contributed by atoms with Crippen molar-refractivity contribution in [2.24, 2.45) is 0 Å². The number of morpholine rings is 1. The van der Waals surface area contributed by atoms with E-state index in [4.69, 9.17) is 26.1 Å². The van der Waals surface area contributed by atoms with Crippen LogP contribution in [0.2, 0.25) is 5.02 Å². The number of carbonyl (C=O) groups is 2. The van der Waals surface area contributed by atoms with Gasteiger partial charge in [0.1, 0.15) is 41.1 Å². The summed E-state index contributed by atoms with van der Waals surface area (Å²) in [6.07, 6.45) is 2.95. The maximum atomic E-state index is 14.1. The summed E-state index contributed by atoms with van der Waals surface area (Å²) < 4.78 is 12.1. The lowest BCUT2D eigenvalue weighted by Crippen LogP contribution is -2.50. The number of esters is 1. The second-order valence-corrected chi connectivity index (χ2v) is 10.5. The number of methoxy groups -OCH3 is 1. The van der Waals surface area contributed by atoms with Gasteiger partial charge in [0, 0.05) is 5.56 Å². The molecular formula is C27H22ClN7O5S. The summed E-state index contributed by atoms with van der Waals surface area (Å²) in [5.41, 5.74) is 1.74. The Morgan fingerprint density at radius 2 is 2.07 bits per heavy atom. The predicted octanol–water partition coefficient (Wildman–Crippen LogP) is 3.39. The van der Waals surface area contributed by atoms with Gasteiger partial charge in [-0.2, -0.15) is 0 Å². The number of halogens is 1. The zero-order chi connectivity index (χ0) is 28.7. The minimum atomic E-state index is -0.746. The Morgan fingerprint density at radius 1 is 1.22 bits per heavy atom.